The van der Waals surface area contributed by atoms with E-state index in [0.29, 0.717) is 32.9 Å². The minimum absolute atomic E-state index is 0.112. The summed E-state index contributed by atoms with van der Waals surface area (Å²) in [4.78, 5) is 13.0. The van der Waals surface area contributed by atoms with Crippen LogP contribution in [0.1, 0.15) is 6.92 Å². The minimum Gasteiger partial charge on any atom is -0.506 e. The number of benzene rings is 2. The zero-order valence-corrected chi connectivity index (χ0v) is 19.3. The van der Waals surface area contributed by atoms with E-state index in [1.165, 1.54) is 33.8 Å². The molecule has 0 radical (unpaired) electrons. The first-order chi connectivity index (χ1) is 14.4. The summed E-state index contributed by atoms with van der Waals surface area (Å²) in [6.45, 7) is 2.40. The van der Waals surface area contributed by atoms with Gasteiger partial charge in [-0.1, -0.05) is 34.1 Å². The number of pyridine rings is 1. The lowest BCUT2D eigenvalue weighted by atomic mass is 10.1. The van der Waals surface area contributed by atoms with E-state index in [-0.39, 0.29) is 28.4 Å². The van der Waals surface area contributed by atoms with Gasteiger partial charge in [-0.3, -0.25) is 9.10 Å². The molecule has 0 atom stereocenters. The fourth-order valence-corrected chi connectivity index (χ4v) is 6.63. The number of halogens is 1. The highest BCUT2D eigenvalue weighted by Crippen LogP contribution is 2.42. The molecule has 1 N–H and O–H groups in total. The number of sulfonamides is 1. The summed E-state index contributed by atoms with van der Waals surface area (Å²) in [6.07, 6.45) is 0. The number of anilines is 1. The van der Waals surface area contributed by atoms with E-state index in [1.54, 1.807) is 40.3 Å². The number of phenols is 1. The van der Waals surface area contributed by atoms with Crippen LogP contribution in [0.3, 0.4) is 0 Å². The molecule has 4 aromatic rings. The number of nitrogens with zero attached hydrogens (tertiary/aromatic N) is 2. The van der Waals surface area contributed by atoms with E-state index < -0.39 is 10.0 Å². The van der Waals surface area contributed by atoms with Crippen LogP contribution < -0.4 is 9.86 Å². The molecule has 0 fully saturated rings. The zero-order valence-electron chi connectivity index (χ0n) is 16.1. The van der Waals surface area contributed by atoms with Crippen molar-refractivity contribution in [3.63, 3.8) is 0 Å². The molecular weight excluding hydrogens is 488 g/mol. The van der Waals surface area contributed by atoms with Gasteiger partial charge < -0.3 is 9.67 Å². The molecule has 0 unspecified atom stereocenters. The number of phenolic OH excluding ortho intramolecular Hbond substituents is 1. The van der Waals surface area contributed by atoms with Gasteiger partial charge in [0.05, 0.1) is 10.4 Å². The first-order valence-electron chi connectivity index (χ1n) is 9.31. The topological polar surface area (TPSA) is 79.6 Å². The first-order valence-corrected chi connectivity index (χ1v) is 12.7. The number of aromatic hydroxyl groups is 1. The predicted octanol–water partition coefficient (Wildman–Crippen LogP) is 4.53. The number of hydrogen-bond acceptors (Lipinski definition) is 5. The van der Waals surface area contributed by atoms with E-state index in [9.17, 15) is 18.3 Å². The van der Waals surface area contributed by atoms with Gasteiger partial charge in [-0.15, -0.1) is 11.3 Å². The van der Waals surface area contributed by atoms with Crippen LogP contribution in [0.2, 0.25) is 0 Å². The van der Waals surface area contributed by atoms with Crippen LogP contribution in [0.25, 0.3) is 21.0 Å². The molecule has 0 aliphatic heterocycles. The van der Waals surface area contributed by atoms with Crippen molar-refractivity contribution in [3.05, 3.63) is 64.3 Å². The maximum atomic E-state index is 13.5. The first kappa shape index (κ1) is 20.9. The summed E-state index contributed by atoms with van der Waals surface area (Å²) in [5, 5.41) is 14.2. The highest BCUT2D eigenvalue weighted by Gasteiger charge is 2.29. The predicted molar refractivity (Wildman–Crippen MR) is 126 cm³/mol. The van der Waals surface area contributed by atoms with Gasteiger partial charge in [0, 0.05) is 29.2 Å². The quantitative estimate of drug-likeness (QED) is 0.389. The third kappa shape index (κ3) is 3.21. The molecule has 0 bridgehead atoms. The Morgan fingerprint density at radius 2 is 1.87 bits per heavy atom. The maximum absolute atomic E-state index is 13.5. The number of hydrogen-bond donors (Lipinski definition) is 1. The van der Waals surface area contributed by atoms with Gasteiger partial charge in [0.1, 0.15) is 16.1 Å². The van der Waals surface area contributed by atoms with Crippen LogP contribution in [0.4, 0.5) is 5.69 Å². The van der Waals surface area contributed by atoms with Gasteiger partial charge in [-0.05, 0) is 42.6 Å². The second kappa shape index (κ2) is 8.05. The summed E-state index contributed by atoms with van der Waals surface area (Å²) in [5.41, 5.74) is 0.648. The summed E-state index contributed by atoms with van der Waals surface area (Å²) in [6, 6.07) is 13.0. The van der Waals surface area contributed by atoms with Crippen LogP contribution in [-0.2, 0) is 16.6 Å². The van der Waals surface area contributed by atoms with Crippen molar-refractivity contribution in [2.45, 2.75) is 18.4 Å². The van der Waals surface area contributed by atoms with Crippen molar-refractivity contribution in [1.29, 1.82) is 0 Å². The van der Waals surface area contributed by atoms with Gasteiger partial charge in [-0.25, -0.2) is 8.42 Å². The molecule has 9 heteroatoms. The van der Waals surface area contributed by atoms with Crippen molar-refractivity contribution in [2.75, 3.05) is 16.2 Å². The number of aromatic nitrogens is 1. The average Bonchev–Trinajstić information content (AvgIpc) is 3.24. The summed E-state index contributed by atoms with van der Waals surface area (Å²) < 4.78 is 30.4. The monoisotopic (exact) mass is 506 g/mol. The molecule has 0 saturated carbocycles. The third-order valence-electron chi connectivity index (χ3n) is 4.98. The van der Waals surface area contributed by atoms with Crippen LogP contribution in [-0.4, -0.2) is 30.0 Å². The standard InChI is InChI=1S/C21H19BrN2O4S2/c1-2-23-16-8-9-17(25)19(18(16)15-10-13-29-20(15)21(23)26)24(12-11-22)30(27,28)14-6-4-3-5-7-14/h3-10,13,25H,2,11-12H2,1H3. The minimum atomic E-state index is -3.95. The summed E-state index contributed by atoms with van der Waals surface area (Å²) in [7, 11) is -3.95. The second-order valence-corrected chi connectivity index (χ2v) is 10.2. The SMILES string of the molecule is CCn1c(=O)c2sccc2c2c(N(CCBr)S(=O)(=O)c3ccccc3)c(O)ccc21. The Morgan fingerprint density at radius 3 is 2.53 bits per heavy atom. The van der Waals surface area contributed by atoms with Gasteiger partial charge in [0.15, 0.2) is 0 Å². The number of aryl methyl sites for hydroxylation is 1. The molecule has 2 aromatic carbocycles. The van der Waals surface area contributed by atoms with E-state index >= 15 is 0 Å². The number of rotatable bonds is 6. The van der Waals surface area contributed by atoms with Crippen molar-refractivity contribution in [1.82, 2.24) is 4.57 Å². The molecule has 6 nitrogen and oxygen atoms in total. The van der Waals surface area contributed by atoms with Crippen molar-refractivity contribution in [2.24, 2.45) is 0 Å². The Bertz CT molecular complexity index is 1400. The molecule has 4 rings (SSSR count). The van der Waals surface area contributed by atoms with E-state index in [0.717, 1.165) is 0 Å². The summed E-state index contributed by atoms with van der Waals surface area (Å²) in [5.74, 6) is -0.156. The Morgan fingerprint density at radius 1 is 1.13 bits per heavy atom. The average molecular weight is 507 g/mol. The lowest BCUT2D eigenvalue weighted by Crippen LogP contribution is -2.33. The zero-order chi connectivity index (χ0) is 21.5. The molecule has 30 heavy (non-hydrogen) atoms. The molecule has 0 amide bonds. The van der Waals surface area contributed by atoms with Crippen molar-refractivity contribution in [3.8, 4) is 5.75 Å². The molecule has 0 saturated heterocycles. The lowest BCUT2D eigenvalue weighted by Gasteiger charge is -2.26. The van der Waals surface area contributed by atoms with E-state index in [1.807, 2.05) is 6.92 Å². The normalized spacial score (nSPS) is 11.9. The molecule has 0 aliphatic carbocycles. The molecule has 156 valence electrons. The fourth-order valence-electron chi connectivity index (χ4n) is 3.68. The Balaban J connectivity index is 2.14. The molecule has 2 aromatic heterocycles. The largest absolute Gasteiger partial charge is 0.506 e. The van der Waals surface area contributed by atoms with Crippen LogP contribution in [0, 0.1) is 0 Å². The Kier molecular flexibility index (Phi) is 5.61. The molecule has 2 heterocycles. The van der Waals surface area contributed by atoms with E-state index in [4.69, 9.17) is 0 Å². The van der Waals surface area contributed by atoms with Crippen molar-refractivity contribution >= 4 is 64.0 Å². The smallest absolute Gasteiger partial charge is 0.268 e. The fraction of sp³-hybridized carbons (Fsp3) is 0.190. The number of fused-ring (bicyclic) bond motifs is 3. The highest BCUT2D eigenvalue weighted by molar-refractivity contribution is 9.09. The van der Waals surface area contributed by atoms with Gasteiger partial charge in [-0.2, -0.15) is 0 Å². The van der Waals surface area contributed by atoms with Crippen molar-refractivity contribution < 1.29 is 13.5 Å². The number of thiophene rings is 1. The Labute approximate surface area is 186 Å². The molecule has 0 aliphatic rings. The van der Waals surface area contributed by atoms with Gasteiger partial charge in [0.25, 0.3) is 15.6 Å². The van der Waals surface area contributed by atoms with E-state index in [2.05, 4.69) is 15.9 Å². The van der Waals surface area contributed by atoms with Crippen LogP contribution in [0.15, 0.2) is 63.6 Å². The highest BCUT2D eigenvalue weighted by atomic mass is 79.9. The summed E-state index contributed by atoms with van der Waals surface area (Å²) >= 11 is 4.65. The van der Waals surface area contributed by atoms with Crippen LogP contribution in [0.5, 0.6) is 5.75 Å². The molecule has 0 spiro atoms. The van der Waals surface area contributed by atoms with Gasteiger partial charge >= 0.3 is 0 Å². The van der Waals surface area contributed by atoms with Gasteiger partial charge in [0.2, 0.25) is 0 Å². The number of alkyl halides is 1. The second-order valence-electron chi connectivity index (χ2n) is 6.62. The maximum Gasteiger partial charge on any atom is 0.268 e. The Hall–Kier alpha value is -2.36. The lowest BCUT2D eigenvalue weighted by molar-refractivity contribution is 0.476. The van der Waals surface area contributed by atoms with Crippen LogP contribution >= 0.6 is 27.3 Å². The molecular formula is C21H19BrN2O4S2. The third-order valence-corrected chi connectivity index (χ3v) is 8.05.